The van der Waals surface area contributed by atoms with Crippen LogP contribution in [0.4, 0.5) is 0 Å². The van der Waals surface area contributed by atoms with Gasteiger partial charge in [-0.25, -0.2) is 0 Å². The first-order valence-electron chi connectivity index (χ1n) is 6.78. The van der Waals surface area contributed by atoms with Crippen molar-refractivity contribution >= 4 is 5.91 Å². The topological polar surface area (TPSA) is 59.2 Å². The van der Waals surface area contributed by atoms with Gasteiger partial charge in [0.25, 0.3) is 0 Å². The maximum absolute atomic E-state index is 12.5. The van der Waals surface area contributed by atoms with Gasteiger partial charge >= 0.3 is 0 Å². The number of nitrogens with zero attached hydrogens (tertiary/aromatic N) is 2. The summed E-state index contributed by atoms with van der Waals surface area (Å²) in [7, 11) is 0. The maximum Gasteiger partial charge on any atom is 0.244 e. The molecular formula is C16H17N3O. The Morgan fingerprint density at radius 1 is 1.20 bits per heavy atom. The molecule has 20 heavy (non-hydrogen) atoms. The highest BCUT2D eigenvalue weighted by atomic mass is 16.2. The number of nitrogens with two attached hydrogens (primary N) is 1. The number of fused-ring (bicyclic) bond motifs is 1. The molecule has 0 fully saturated rings. The molecule has 0 saturated heterocycles. The Balaban J connectivity index is 1.76. The first-order valence-corrected chi connectivity index (χ1v) is 6.78. The van der Waals surface area contributed by atoms with Gasteiger partial charge < -0.3 is 10.6 Å². The number of pyridine rings is 1. The van der Waals surface area contributed by atoms with Gasteiger partial charge in [0.15, 0.2) is 0 Å². The number of carbonyl (C=O) groups excluding carboxylic acids is 1. The summed E-state index contributed by atoms with van der Waals surface area (Å²) in [4.78, 5) is 18.7. The highest BCUT2D eigenvalue weighted by Gasteiger charge is 2.26. The van der Waals surface area contributed by atoms with E-state index in [2.05, 4.69) is 4.98 Å². The standard InChI is InChI=1S/C16H17N3O/c17-15(12-5-2-1-3-6-12)16(20)19-10-8-14-13(11-19)7-4-9-18-14/h1-7,9,15H,8,10-11,17H2. The van der Waals surface area contributed by atoms with Crippen molar-refractivity contribution in [2.24, 2.45) is 5.73 Å². The third-order valence-corrected chi connectivity index (χ3v) is 3.70. The van der Waals surface area contributed by atoms with Crippen molar-refractivity contribution in [1.29, 1.82) is 0 Å². The van der Waals surface area contributed by atoms with Crippen LogP contribution in [0.1, 0.15) is 22.9 Å². The normalized spacial score (nSPS) is 15.6. The molecule has 1 atom stereocenters. The van der Waals surface area contributed by atoms with Crippen molar-refractivity contribution in [1.82, 2.24) is 9.88 Å². The molecule has 1 unspecified atom stereocenters. The van der Waals surface area contributed by atoms with E-state index < -0.39 is 6.04 Å². The summed E-state index contributed by atoms with van der Waals surface area (Å²) >= 11 is 0. The number of rotatable bonds is 2. The Morgan fingerprint density at radius 2 is 2.00 bits per heavy atom. The molecule has 0 saturated carbocycles. The maximum atomic E-state index is 12.5. The lowest BCUT2D eigenvalue weighted by Gasteiger charge is -2.30. The van der Waals surface area contributed by atoms with Gasteiger partial charge in [-0.05, 0) is 17.2 Å². The van der Waals surface area contributed by atoms with Gasteiger partial charge in [-0.2, -0.15) is 0 Å². The SMILES string of the molecule is NC(C(=O)N1CCc2ncccc2C1)c1ccccc1. The third kappa shape index (κ3) is 2.42. The average Bonchev–Trinajstić information content (AvgIpc) is 2.54. The molecule has 102 valence electrons. The summed E-state index contributed by atoms with van der Waals surface area (Å²) in [5, 5.41) is 0. The van der Waals surface area contributed by atoms with Crippen molar-refractivity contribution in [2.45, 2.75) is 19.0 Å². The molecule has 0 radical (unpaired) electrons. The van der Waals surface area contributed by atoms with Crippen LogP contribution in [-0.4, -0.2) is 22.3 Å². The van der Waals surface area contributed by atoms with E-state index in [4.69, 9.17) is 5.73 Å². The van der Waals surface area contributed by atoms with Gasteiger partial charge in [-0.15, -0.1) is 0 Å². The molecule has 0 aliphatic carbocycles. The fourth-order valence-corrected chi connectivity index (χ4v) is 2.55. The van der Waals surface area contributed by atoms with Crippen LogP contribution in [0, 0.1) is 0 Å². The van der Waals surface area contributed by atoms with E-state index in [9.17, 15) is 4.79 Å². The van der Waals surface area contributed by atoms with Crippen LogP contribution < -0.4 is 5.73 Å². The zero-order valence-electron chi connectivity index (χ0n) is 11.2. The molecule has 1 amide bonds. The predicted octanol–water partition coefficient (Wildman–Crippen LogP) is 1.67. The predicted molar refractivity (Wildman–Crippen MR) is 76.7 cm³/mol. The van der Waals surface area contributed by atoms with E-state index in [-0.39, 0.29) is 5.91 Å². The lowest BCUT2D eigenvalue weighted by atomic mass is 10.0. The monoisotopic (exact) mass is 267 g/mol. The number of amides is 1. The van der Waals surface area contributed by atoms with Crippen LogP contribution in [0.15, 0.2) is 48.7 Å². The van der Waals surface area contributed by atoms with Crippen molar-refractivity contribution in [2.75, 3.05) is 6.54 Å². The molecule has 0 bridgehead atoms. The zero-order chi connectivity index (χ0) is 13.9. The van der Waals surface area contributed by atoms with Gasteiger partial charge in [-0.1, -0.05) is 36.4 Å². The zero-order valence-corrected chi connectivity index (χ0v) is 11.2. The van der Waals surface area contributed by atoms with Crippen molar-refractivity contribution < 1.29 is 4.79 Å². The fourth-order valence-electron chi connectivity index (χ4n) is 2.55. The van der Waals surface area contributed by atoms with Crippen LogP contribution in [0.25, 0.3) is 0 Å². The molecule has 2 N–H and O–H groups in total. The smallest absolute Gasteiger partial charge is 0.244 e. The van der Waals surface area contributed by atoms with Gasteiger partial charge in [-0.3, -0.25) is 9.78 Å². The van der Waals surface area contributed by atoms with Crippen LogP contribution in [0.2, 0.25) is 0 Å². The second kappa shape index (κ2) is 5.43. The van der Waals surface area contributed by atoms with Crippen LogP contribution in [-0.2, 0) is 17.8 Å². The van der Waals surface area contributed by atoms with E-state index in [1.807, 2.05) is 47.4 Å². The quantitative estimate of drug-likeness (QED) is 0.900. The summed E-state index contributed by atoms with van der Waals surface area (Å²) in [5.74, 6) is -0.0225. The summed E-state index contributed by atoms with van der Waals surface area (Å²) in [5.41, 5.74) is 9.14. The van der Waals surface area contributed by atoms with Crippen molar-refractivity contribution in [3.05, 3.63) is 65.5 Å². The van der Waals surface area contributed by atoms with E-state index >= 15 is 0 Å². The molecule has 1 aromatic heterocycles. The Hall–Kier alpha value is -2.20. The van der Waals surface area contributed by atoms with E-state index in [0.29, 0.717) is 13.1 Å². The molecule has 4 nitrogen and oxygen atoms in total. The summed E-state index contributed by atoms with van der Waals surface area (Å²) in [6.45, 7) is 1.28. The third-order valence-electron chi connectivity index (χ3n) is 3.70. The van der Waals surface area contributed by atoms with Crippen molar-refractivity contribution in [3.63, 3.8) is 0 Å². The Kier molecular flexibility index (Phi) is 3.48. The first kappa shape index (κ1) is 12.8. The Bertz CT molecular complexity index is 612. The molecule has 2 heterocycles. The Labute approximate surface area is 118 Å². The molecule has 1 aliphatic rings. The number of carbonyl (C=O) groups is 1. The van der Waals surface area contributed by atoms with E-state index in [1.54, 1.807) is 6.20 Å². The minimum Gasteiger partial charge on any atom is -0.336 e. The number of hydrogen-bond donors (Lipinski definition) is 1. The van der Waals surface area contributed by atoms with E-state index in [1.165, 1.54) is 0 Å². The second-order valence-electron chi connectivity index (χ2n) is 5.01. The number of benzene rings is 1. The lowest BCUT2D eigenvalue weighted by Crippen LogP contribution is -2.41. The van der Waals surface area contributed by atoms with Crippen LogP contribution >= 0.6 is 0 Å². The average molecular weight is 267 g/mol. The summed E-state index contributed by atoms with van der Waals surface area (Å²) < 4.78 is 0. The summed E-state index contributed by atoms with van der Waals surface area (Å²) in [6.07, 6.45) is 2.59. The van der Waals surface area contributed by atoms with Gasteiger partial charge in [0.05, 0.1) is 0 Å². The highest BCUT2D eigenvalue weighted by Crippen LogP contribution is 2.20. The largest absolute Gasteiger partial charge is 0.336 e. The molecule has 3 rings (SSSR count). The molecule has 1 aliphatic heterocycles. The number of aromatic nitrogens is 1. The highest BCUT2D eigenvalue weighted by molar-refractivity contribution is 5.83. The van der Waals surface area contributed by atoms with Crippen LogP contribution in [0.3, 0.4) is 0 Å². The van der Waals surface area contributed by atoms with Gasteiger partial charge in [0.2, 0.25) is 5.91 Å². The molecule has 2 aromatic rings. The minimum atomic E-state index is -0.588. The van der Waals surface area contributed by atoms with Crippen molar-refractivity contribution in [3.8, 4) is 0 Å². The fraction of sp³-hybridized carbons (Fsp3) is 0.250. The molecular weight excluding hydrogens is 250 g/mol. The minimum absolute atomic E-state index is 0.0225. The van der Waals surface area contributed by atoms with Crippen LogP contribution in [0.5, 0.6) is 0 Å². The lowest BCUT2D eigenvalue weighted by molar-refractivity contribution is -0.133. The number of hydrogen-bond acceptors (Lipinski definition) is 3. The van der Waals surface area contributed by atoms with Gasteiger partial charge in [0.1, 0.15) is 6.04 Å². The summed E-state index contributed by atoms with van der Waals surface area (Å²) in [6, 6.07) is 12.8. The Morgan fingerprint density at radius 3 is 2.80 bits per heavy atom. The van der Waals surface area contributed by atoms with E-state index in [0.717, 1.165) is 23.2 Å². The first-order chi connectivity index (χ1) is 9.75. The second-order valence-corrected chi connectivity index (χ2v) is 5.01. The molecule has 0 spiro atoms. The molecule has 1 aromatic carbocycles. The molecule has 4 heteroatoms. The van der Waals surface area contributed by atoms with Gasteiger partial charge in [0, 0.05) is 31.4 Å².